The first-order chi connectivity index (χ1) is 8.71. The highest BCUT2D eigenvalue weighted by molar-refractivity contribution is 6.36. The molecular formula is C13H19ClN4O. The standard InChI is InChI=1S/C13H19ClN4O/c1-13(2,3)7-5-6-8(14)9-10(7)18(4)17-11(9)16-12(15)19/h5-6,12,19H,15H2,1-4H3,(H,16,17). The third-order valence-electron chi connectivity index (χ3n) is 3.03. The SMILES string of the molecule is Cn1nc(NC(N)O)c2c(Cl)ccc(C(C)(C)C)c21. The number of aryl methyl sites for hydroxylation is 1. The second-order valence-electron chi connectivity index (χ2n) is 5.63. The molecule has 0 amide bonds. The number of hydrogen-bond acceptors (Lipinski definition) is 4. The van der Waals surface area contributed by atoms with E-state index in [1.165, 1.54) is 0 Å². The van der Waals surface area contributed by atoms with E-state index in [9.17, 15) is 5.11 Å². The van der Waals surface area contributed by atoms with E-state index < -0.39 is 6.35 Å². The number of hydrogen-bond donors (Lipinski definition) is 3. The molecule has 19 heavy (non-hydrogen) atoms. The van der Waals surface area contributed by atoms with Crippen molar-refractivity contribution in [2.24, 2.45) is 12.8 Å². The van der Waals surface area contributed by atoms with Gasteiger partial charge < -0.3 is 10.4 Å². The normalized spacial score (nSPS) is 13.8. The molecule has 0 saturated heterocycles. The van der Waals surface area contributed by atoms with Crippen LogP contribution in [0.3, 0.4) is 0 Å². The van der Waals surface area contributed by atoms with Crippen LogP contribution < -0.4 is 11.1 Å². The van der Waals surface area contributed by atoms with Gasteiger partial charge in [0, 0.05) is 7.05 Å². The Morgan fingerprint density at radius 3 is 2.58 bits per heavy atom. The van der Waals surface area contributed by atoms with Gasteiger partial charge in [0.25, 0.3) is 0 Å². The summed E-state index contributed by atoms with van der Waals surface area (Å²) in [6.45, 7) is 6.40. The van der Waals surface area contributed by atoms with Gasteiger partial charge >= 0.3 is 0 Å². The fraction of sp³-hybridized carbons (Fsp3) is 0.462. The van der Waals surface area contributed by atoms with Gasteiger partial charge in [-0.05, 0) is 17.0 Å². The zero-order chi connectivity index (χ0) is 14.4. The number of aliphatic hydroxyl groups is 1. The average Bonchev–Trinajstić information content (AvgIpc) is 2.54. The highest BCUT2D eigenvalue weighted by Crippen LogP contribution is 2.37. The van der Waals surface area contributed by atoms with Crippen molar-refractivity contribution >= 4 is 28.3 Å². The Morgan fingerprint density at radius 1 is 1.42 bits per heavy atom. The second-order valence-corrected chi connectivity index (χ2v) is 6.04. The minimum absolute atomic E-state index is 0.0325. The molecule has 0 aliphatic rings. The molecule has 104 valence electrons. The van der Waals surface area contributed by atoms with E-state index in [4.69, 9.17) is 17.3 Å². The zero-order valence-corrected chi connectivity index (χ0v) is 12.3. The number of halogens is 1. The maximum Gasteiger partial charge on any atom is 0.180 e. The molecule has 0 aliphatic carbocycles. The molecule has 1 aromatic heterocycles. The van der Waals surface area contributed by atoms with Crippen LogP contribution in [-0.2, 0) is 12.5 Å². The third-order valence-corrected chi connectivity index (χ3v) is 3.35. The smallest absolute Gasteiger partial charge is 0.180 e. The number of fused-ring (bicyclic) bond motifs is 1. The van der Waals surface area contributed by atoms with E-state index in [0.717, 1.165) is 16.5 Å². The molecule has 6 heteroatoms. The van der Waals surface area contributed by atoms with E-state index in [0.29, 0.717) is 10.8 Å². The summed E-state index contributed by atoms with van der Waals surface area (Å²) in [7, 11) is 1.85. The van der Waals surface area contributed by atoms with Crippen LogP contribution in [0.5, 0.6) is 0 Å². The number of benzene rings is 1. The van der Waals surface area contributed by atoms with Crippen LogP contribution in [0.1, 0.15) is 26.3 Å². The van der Waals surface area contributed by atoms with E-state index in [1.54, 1.807) is 4.68 Å². The molecule has 1 atom stereocenters. The molecule has 5 nitrogen and oxygen atoms in total. The minimum Gasteiger partial charge on any atom is -0.361 e. The molecule has 0 aliphatic heterocycles. The van der Waals surface area contributed by atoms with Gasteiger partial charge in [0.2, 0.25) is 0 Å². The van der Waals surface area contributed by atoms with Crippen LogP contribution in [-0.4, -0.2) is 21.2 Å². The van der Waals surface area contributed by atoms with Crippen LogP contribution in [0.4, 0.5) is 5.82 Å². The lowest BCUT2D eigenvalue weighted by Gasteiger charge is -2.21. The van der Waals surface area contributed by atoms with Gasteiger partial charge in [0.15, 0.2) is 12.2 Å². The zero-order valence-electron chi connectivity index (χ0n) is 11.5. The summed E-state index contributed by atoms with van der Waals surface area (Å²) in [5, 5.41) is 17.7. The van der Waals surface area contributed by atoms with E-state index in [-0.39, 0.29) is 5.41 Å². The Balaban J connectivity index is 2.78. The number of anilines is 1. The average molecular weight is 283 g/mol. The van der Waals surface area contributed by atoms with Crippen molar-refractivity contribution in [2.75, 3.05) is 5.32 Å². The van der Waals surface area contributed by atoms with Crippen LogP contribution in [0.2, 0.25) is 5.02 Å². The fourth-order valence-corrected chi connectivity index (χ4v) is 2.47. The lowest BCUT2D eigenvalue weighted by atomic mass is 9.85. The largest absolute Gasteiger partial charge is 0.361 e. The minimum atomic E-state index is -1.17. The predicted molar refractivity (Wildman–Crippen MR) is 78.2 cm³/mol. The number of aliphatic hydroxyl groups excluding tert-OH is 1. The van der Waals surface area contributed by atoms with E-state index in [1.807, 2.05) is 19.2 Å². The maximum absolute atomic E-state index is 9.27. The lowest BCUT2D eigenvalue weighted by Crippen LogP contribution is -2.28. The Labute approximate surface area is 117 Å². The van der Waals surface area contributed by atoms with E-state index in [2.05, 4.69) is 31.2 Å². The Morgan fingerprint density at radius 2 is 2.05 bits per heavy atom. The number of nitrogens with zero attached hydrogens (tertiary/aromatic N) is 2. The number of aromatic nitrogens is 2. The van der Waals surface area contributed by atoms with Crippen LogP contribution in [0, 0.1) is 0 Å². The molecule has 2 aromatic rings. The summed E-state index contributed by atoms with van der Waals surface area (Å²) in [5.41, 5.74) is 7.41. The topological polar surface area (TPSA) is 76.1 Å². The van der Waals surface area contributed by atoms with Gasteiger partial charge in [-0.2, -0.15) is 5.10 Å². The molecule has 1 heterocycles. The van der Waals surface area contributed by atoms with Crippen molar-refractivity contribution in [2.45, 2.75) is 32.5 Å². The van der Waals surface area contributed by atoms with Crippen molar-refractivity contribution in [3.63, 3.8) is 0 Å². The summed E-state index contributed by atoms with van der Waals surface area (Å²) < 4.78 is 1.76. The maximum atomic E-state index is 9.27. The Bertz CT molecular complexity index is 613. The van der Waals surface area contributed by atoms with Gasteiger partial charge in [0.1, 0.15) is 0 Å². The first-order valence-corrected chi connectivity index (χ1v) is 6.45. The summed E-state index contributed by atoms with van der Waals surface area (Å²) in [4.78, 5) is 0. The predicted octanol–water partition coefficient (Wildman–Crippen LogP) is 2.17. The summed E-state index contributed by atoms with van der Waals surface area (Å²) in [6.07, 6.45) is -1.17. The Kier molecular flexibility index (Phi) is 3.47. The molecule has 0 saturated carbocycles. The van der Waals surface area contributed by atoms with Crippen molar-refractivity contribution in [1.29, 1.82) is 0 Å². The van der Waals surface area contributed by atoms with Gasteiger partial charge in [-0.15, -0.1) is 0 Å². The van der Waals surface area contributed by atoms with Crippen LogP contribution in [0.25, 0.3) is 10.9 Å². The van der Waals surface area contributed by atoms with Gasteiger partial charge in [0.05, 0.1) is 15.9 Å². The highest BCUT2D eigenvalue weighted by Gasteiger charge is 2.23. The molecule has 0 bridgehead atoms. The molecule has 4 N–H and O–H groups in total. The number of nitrogens with one attached hydrogen (secondary N) is 1. The third kappa shape index (κ3) is 2.54. The molecule has 0 radical (unpaired) electrons. The Hall–Kier alpha value is -1.30. The summed E-state index contributed by atoms with van der Waals surface area (Å²) >= 11 is 6.27. The first-order valence-electron chi connectivity index (χ1n) is 6.07. The van der Waals surface area contributed by atoms with Crippen molar-refractivity contribution < 1.29 is 5.11 Å². The second kappa shape index (κ2) is 4.67. The quantitative estimate of drug-likeness (QED) is 0.738. The van der Waals surface area contributed by atoms with Crippen molar-refractivity contribution in [3.8, 4) is 0 Å². The van der Waals surface area contributed by atoms with Crippen LogP contribution in [0.15, 0.2) is 12.1 Å². The van der Waals surface area contributed by atoms with Gasteiger partial charge in [-0.25, -0.2) is 0 Å². The summed E-state index contributed by atoms with van der Waals surface area (Å²) in [6, 6.07) is 3.86. The molecule has 0 fully saturated rings. The highest BCUT2D eigenvalue weighted by atomic mass is 35.5. The summed E-state index contributed by atoms with van der Waals surface area (Å²) in [5.74, 6) is 0.489. The molecule has 2 rings (SSSR count). The molecule has 0 spiro atoms. The van der Waals surface area contributed by atoms with Gasteiger partial charge in [-0.3, -0.25) is 10.4 Å². The fourth-order valence-electron chi connectivity index (χ4n) is 2.22. The van der Waals surface area contributed by atoms with Crippen molar-refractivity contribution in [1.82, 2.24) is 9.78 Å². The molecule has 1 unspecified atom stereocenters. The van der Waals surface area contributed by atoms with E-state index >= 15 is 0 Å². The van der Waals surface area contributed by atoms with Crippen LogP contribution >= 0.6 is 11.6 Å². The number of rotatable bonds is 2. The molecule has 1 aromatic carbocycles. The first kappa shape index (κ1) is 14.1. The van der Waals surface area contributed by atoms with Crippen molar-refractivity contribution in [3.05, 3.63) is 22.7 Å². The lowest BCUT2D eigenvalue weighted by molar-refractivity contribution is 0.211. The monoisotopic (exact) mass is 282 g/mol. The molecular weight excluding hydrogens is 264 g/mol. The van der Waals surface area contributed by atoms with Gasteiger partial charge in [-0.1, -0.05) is 38.4 Å². The number of nitrogens with two attached hydrogens (primary N) is 1.